The number of hydrogen-bond acceptors (Lipinski definition) is 3. The van der Waals surface area contributed by atoms with E-state index < -0.39 is 5.69 Å². The van der Waals surface area contributed by atoms with Gasteiger partial charge in [-0.1, -0.05) is 79.7 Å². The molecule has 5 nitrogen and oxygen atoms in total. The van der Waals surface area contributed by atoms with E-state index >= 15 is 0 Å². The van der Waals surface area contributed by atoms with Crippen molar-refractivity contribution in [3.05, 3.63) is 116 Å². The zero-order valence-corrected chi connectivity index (χ0v) is 16.9. The number of H-pyrrole nitrogens is 1. The Morgan fingerprint density at radius 1 is 0.900 bits per heavy atom. The van der Waals surface area contributed by atoms with E-state index in [9.17, 15) is 9.59 Å². The van der Waals surface area contributed by atoms with E-state index in [2.05, 4.69) is 23.2 Å². The molecule has 5 heteroatoms. The number of hydrogen-bond donors (Lipinski definition) is 1. The molecule has 0 spiro atoms. The molecule has 0 aliphatic heterocycles. The monoisotopic (exact) mass is 400 g/mol. The third kappa shape index (κ3) is 4.11. The first-order valence-electron chi connectivity index (χ1n) is 10.1. The van der Waals surface area contributed by atoms with Crippen LogP contribution in [0.1, 0.15) is 29.3 Å². The number of nitrogens with zero attached hydrogens (tertiary/aromatic N) is 1. The average molecular weight is 400 g/mol. The molecule has 152 valence electrons. The normalized spacial score (nSPS) is 11.1. The van der Waals surface area contributed by atoms with Crippen molar-refractivity contribution in [3.63, 3.8) is 0 Å². The summed E-state index contributed by atoms with van der Waals surface area (Å²) in [4.78, 5) is 27.6. The molecule has 0 aliphatic rings. The van der Waals surface area contributed by atoms with Gasteiger partial charge in [-0.05, 0) is 28.3 Å². The number of nitrogens with one attached hydrogen (secondary N) is 1. The molecule has 0 radical (unpaired) electrons. The topological polar surface area (TPSA) is 64.1 Å². The van der Waals surface area contributed by atoms with Gasteiger partial charge in [-0.3, -0.25) is 14.3 Å². The third-order valence-electron chi connectivity index (χ3n) is 5.34. The largest absolute Gasteiger partial charge is 0.356 e. The van der Waals surface area contributed by atoms with Crippen molar-refractivity contribution in [2.75, 3.05) is 0 Å². The lowest BCUT2D eigenvalue weighted by atomic mass is 9.98. The maximum atomic E-state index is 12.7. The SMILES string of the molecule is CCc1c(Cc2cccc3ccccc23)n(COCc2ccccc2)c(=O)[nH]c1=O. The summed E-state index contributed by atoms with van der Waals surface area (Å²) in [6.07, 6.45) is 1.02. The Morgan fingerprint density at radius 3 is 2.43 bits per heavy atom. The highest BCUT2D eigenvalue weighted by Gasteiger charge is 2.15. The van der Waals surface area contributed by atoms with Gasteiger partial charge in [-0.2, -0.15) is 0 Å². The van der Waals surface area contributed by atoms with Gasteiger partial charge in [0, 0.05) is 17.7 Å². The van der Waals surface area contributed by atoms with Gasteiger partial charge in [0.2, 0.25) is 0 Å². The van der Waals surface area contributed by atoms with Crippen molar-refractivity contribution in [2.24, 2.45) is 0 Å². The third-order valence-corrected chi connectivity index (χ3v) is 5.34. The standard InChI is InChI=1S/C25H24N2O3/c1-2-21-23(15-20-13-8-12-19-11-6-7-14-22(19)20)27(25(29)26-24(21)28)17-30-16-18-9-4-3-5-10-18/h3-14H,2,15-17H2,1H3,(H,26,28,29). The van der Waals surface area contributed by atoms with Crippen LogP contribution in [0.25, 0.3) is 10.8 Å². The lowest BCUT2D eigenvalue weighted by molar-refractivity contribution is 0.0589. The van der Waals surface area contributed by atoms with Crippen LogP contribution in [0.3, 0.4) is 0 Å². The van der Waals surface area contributed by atoms with Crippen molar-refractivity contribution < 1.29 is 4.74 Å². The van der Waals surface area contributed by atoms with E-state index in [4.69, 9.17) is 4.74 Å². The van der Waals surface area contributed by atoms with Gasteiger partial charge < -0.3 is 4.74 Å². The molecule has 0 fully saturated rings. The van der Waals surface area contributed by atoms with Crippen LogP contribution < -0.4 is 11.2 Å². The van der Waals surface area contributed by atoms with Gasteiger partial charge in [-0.15, -0.1) is 0 Å². The zero-order valence-electron chi connectivity index (χ0n) is 16.9. The number of fused-ring (bicyclic) bond motifs is 1. The predicted molar refractivity (Wildman–Crippen MR) is 119 cm³/mol. The van der Waals surface area contributed by atoms with Gasteiger partial charge in [0.25, 0.3) is 5.56 Å². The van der Waals surface area contributed by atoms with E-state index in [1.54, 1.807) is 4.57 Å². The second-order valence-electron chi connectivity index (χ2n) is 7.24. The summed E-state index contributed by atoms with van der Waals surface area (Å²) >= 11 is 0. The molecule has 0 saturated heterocycles. The minimum absolute atomic E-state index is 0.0810. The van der Waals surface area contributed by atoms with Crippen LogP contribution in [0.4, 0.5) is 0 Å². The molecule has 1 heterocycles. The first-order valence-corrected chi connectivity index (χ1v) is 10.1. The second-order valence-corrected chi connectivity index (χ2v) is 7.24. The van der Waals surface area contributed by atoms with Crippen molar-refractivity contribution in [1.82, 2.24) is 9.55 Å². The fourth-order valence-corrected chi connectivity index (χ4v) is 3.82. The molecule has 1 N–H and O–H groups in total. The van der Waals surface area contributed by atoms with Crippen LogP contribution >= 0.6 is 0 Å². The molecule has 0 aliphatic carbocycles. The van der Waals surface area contributed by atoms with Gasteiger partial charge in [0.05, 0.1) is 6.61 Å². The quantitative estimate of drug-likeness (QED) is 0.510. The van der Waals surface area contributed by atoms with Crippen LogP contribution in [0.5, 0.6) is 0 Å². The molecule has 0 atom stereocenters. The van der Waals surface area contributed by atoms with Crippen LogP contribution in [0, 0.1) is 0 Å². The molecule has 0 saturated carbocycles. The summed E-state index contributed by atoms with van der Waals surface area (Å²) in [5.74, 6) is 0. The lowest BCUT2D eigenvalue weighted by Gasteiger charge is -2.17. The molecule has 3 aromatic carbocycles. The van der Waals surface area contributed by atoms with Gasteiger partial charge in [0.15, 0.2) is 0 Å². The van der Waals surface area contributed by atoms with Gasteiger partial charge in [-0.25, -0.2) is 4.79 Å². The van der Waals surface area contributed by atoms with E-state index in [0.717, 1.165) is 21.9 Å². The lowest BCUT2D eigenvalue weighted by Crippen LogP contribution is -2.36. The highest BCUT2D eigenvalue weighted by Crippen LogP contribution is 2.22. The average Bonchev–Trinajstić information content (AvgIpc) is 2.77. The summed E-state index contributed by atoms with van der Waals surface area (Å²) in [5.41, 5.74) is 2.66. The molecule has 4 rings (SSSR count). The van der Waals surface area contributed by atoms with E-state index in [1.165, 1.54) is 0 Å². The number of ether oxygens (including phenoxy) is 1. The van der Waals surface area contributed by atoms with Crippen molar-refractivity contribution in [2.45, 2.75) is 33.1 Å². The highest BCUT2D eigenvalue weighted by molar-refractivity contribution is 5.85. The summed E-state index contributed by atoms with van der Waals surface area (Å²) < 4.78 is 7.38. The van der Waals surface area contributed by atoms with Crippen LogP contribution in [-0.4, -0.2) is 9.55 Å². The van der Waals surface area contributed by atoms with Gasteiger partial charge in [0.1, 0.15) is 6.73 Å². The number of benzene rings is 3. The van der Waals surface area contributed by atoms with Crippen molar-refractivity contribution in [1.29, 1.82) is 0 Å². The fraction of sp³-hybridized carbons (Fsp3) is 0.200. The smallest absolute Gasteiger partial charge is 0.330 e. The number of aromatic amines is 1. The van der Waals surface area contributed by atoms with Gasteiger partial charge >= 0.3 is 5.69 Å². The molecule has 0 unspecified atom stereocenters. The predicted octanol–water partition coefficient (Wildman–Crippen LogP) is 4.02. The molecular formula is C25H24N2O3. The second kappa shape index (κ2) is 8.93. The summed E-state index contributed by atoms with van der Waals surface area (Å²) in [6.45, 7) is 2.40. The van der Waals surface area contributed by atoms with E-state index in [-0.39, 0.29) is 12.3 Å². The molecule has 30 heavy (non-hydrogen) atoms. The molecule has 0 amide bonds. The first-order chi connectivity index (χ1) is 14.7. The minimum Gasteiger partial charge on any atom is -0.356 e. The van der Waals surface area contributed by atoms with Crippen molar-refractivity contribution >= 4 is 10.8 Å². The summed E-state index contributed by atoms with van der Waals surface area (Å²) in [7, 11) is 0. The van der Waals surface area contributed by atoms with E-state index in [0.29, 0.717) is 30.7 Å². The molecule has 1 aromatic heterocycles. The summed E-state index contributed by atoms with van der Waals surface area (Å²) in [6, 6.07) is 24.1. The van der Waals surface area contributed by atoms with Crippen LogP contribution in [-0.2, 0) is 30.9 Å². The van der Waals surface area contributed by atoms with Crippen LogP contribution in [0.2, 0.25) is 0 Å². The summed E-state index contributed by atoms with van der Waals surface area (Å²) in [5, 5.41) is 2.25. The Morgan fingerprint density at radius 2 is 1.63 bits per heavy atom. The Bertz CT molecular complexity index is 1270. The Labute approximate surface area is 174 Å². The van der Waals surface area contributed by atoms with Crippen LogP contribution in [0.15, 0.2) is 82.4 Å². The maximum absolute atomic E-state index is 12.7. The maximum Gasteiger partial charge on any atom is 0.330 e. The van der Waals surface area contributed by atoms with Crippen molar-refractivity contribution in [3.8, 4) is 0 Å². The first kappa shape index (κ1) is 19.9. The Hall–Kier alpha value is -3.44. The zero-order chi connectivity index (χ0) is 20.9. The minimum atomic E-state index is -0.444. The Balaban J connectivity index is 1.71. The molecule has 0 bridgehead atoms. The fourth-order valence-electron chi connectivity index (χ4n) is 3.82. The highest BCUT2D eigenvalue weighted by atomic mass is 16.5. The molecular weight excluding hydrogens is 376 g/mol. The van der Waals surface area contributed by atoms with E-state index in [1.807, 2.05) is 61.5 Å². The number of aromatic nitrogens is 2. The Kier molecular flexibility index (Phi) is 5.91. The molecule has 4 aromatic rings. The number of rotatable bonds is 7.